The molecule has 1 fully saturated rings. The molecule has 21 heavy (non-hydrogen) atoms. The van der Waals surface area contributed by atoms with Gasteiger partial charge in [-0.3, -0.25) is 0 Å². The van der Waals surface area contributed by atoms with E-state index in [1.54, 1.807) is 0 Å². The lowest BCUT2D eigenvalue weighted by atomic mass is 9.84. The highest BCUT2D eigenvalue weighted by molar-refractivity contribution is 9.10. The Hall–Kier alpha value is -0.580. The number of rotatable bonds is 4. The van der Waals surface area contributed by atoms with E-state index in [-0.39, 0.29) is 5.60 Å². The maximum Gasteiger partial charge on any atom is 0.125 e. The molecule has 3 rings (SSSR count). The van der Waals surface area contributed by atoms with Crippen LogP contribution < -0.4 is 10.1 Å². The minimum Gasteiger partial charge on any atom is -0.493 e. The molecule has 1 saturated heterocycles. The average molecular weight is 354 g/mol. The zero-order chi connectivity index (χ0) is 14.9. The molecule has 1 aromatic rings. The van der Waals surface area contributed by atoms with E-state index in [1.807, 2.05) is 7.05 Å². The van der Waals surface area contributed by atoms with Crippen molar-refractivity contribution in [3.63, 3.8) is 0 Å². The summed E-state index contributed by atoms with van der Waals surface area (Å²) in [6, 6.07) is 4.68. The number of hydrogen-bond donors (Lipinski definition) is 1. The largest absolute Gasteiger partial charge is 0.493 e. The zero-order valence-corrected chi connectivity index (χ0v) is 14.5. The number of fused-ring (bicyclic) bond motifs is 1. The van der Waals surface area contributed by atoms with Gasteiger partial charge in [0.2, 0.25) is 0 Å². The van der Waals surface area contributed by atoms with Gasteiger partial charge in [-0.15, -0.1) is 0 Å². The number of benzene rings is 1. The Morgan fingerprint density at radius 2 is 2.19 bits per heavy atom. The minimum atomic E-state index is -0.0825. The van der Waals surface area contributed by atoms with Crippen molar-refractivity contribution in [2.24, 2.45) is 0 Å². The van der Waals surface area contributed by atoms with Crippen molar-refractivity contribution in [2.75, 3.05) is 20.3 Å². The normalized spacial score (nSPS) is 26.2. The highest BCUT2D eigenvalue weighted by atomic mass is 79.9. The van der Waals surface area contributed by atoms with Crippen LogP contribution in [0.15, 0.2) is 16.6 Å². The molecule has 3 nitrogen and oxygen atoms in total. The number of ether oxygens (including phenoxy) is 2. The summed E-state index contributed by atoms with van der Waals surface area (Å²) >= 11 is 3.63. The molecule has 2 heterocycles. The molecule has 2 aliphatic rings. The van der Waals surface area contributed by atoms with Crippen molar-refractivity contribution in [1.82, 2.24) is 5.32 Å². The smallest absolute Gasteiger partial charge is 0.125 e. The van der Waals surface area contributed by atoms with Gasteiger partial charge in [0.1, 0.15) is 5.75 Å². The second-order valence-electron chi connectivity index (χ2n) is 6.32. The third-order valence-corrected chi connectivity index (χ3v) is 5.29. The van der Waals surface area contributed by atoms with Crippen LogP contribution in [-0.4, -0.2) is 31.9 Å². The Morgan fingerprint density at radius 3 is 2.90 bits per heavy atom. The van der Waals surface area contributed by atoms with Crippen LogP contribution in [-0.2, 0) is 17.6 Å². The molecule has 4 heteroatoms. The lowest BCUT2D eigenvalue weighted by Gasteiger charge is -2.40. The molecular weight excluding hydrogens is 330 g/mol. The van der Waals surface area contributed by atoms with Crippen molar-refractivity contribution in [1.29, 1.82) is 0 Å². The summed E-state index contributed by atoms with van der Waals surface area (Å²) in [6.45, 7) is 3.92. The Morgan fingerprint density at radius 1 is 1.33 bits per heavy atom. The van der Waals surface area contributed by atoms with Gasteiger partial charge in [0.15, 0.2) is 0 Å². The van der Waals surface area contributed by atoms with E-state index >= 15 is 0 Å². The fourth-order valence-corrected chi connectivity index (χ4v) is 4.12. The van der Waals surface area contributed by atoms with Gasteiger partial charge in [-0.25, -0.2) is 0 Å². The van der Waals surface area contributed by atoms with E-state index in [1.165, 1.54) is 24.0 Å². The molecule has 0 aromatic heterocycles. The fraction of sp³-hybridized carbons (Fsp3) is 0.647. The molecule has 0 saturated carbocycles. The first-order chi connectivity index (χ1) is 10.1. The molecule has 1 N–H and O–H groups in total. The van der Waals surface area contributed by atoms with Crippen molar-refractivity contribution in [3.05, 3.63) is 27.7 Å². The molecule has 116 valence electrons. The average Bonchev–Trinajstić information content (AvgIpc) is 2.93. The van der Waals surface area contributed by atoms with Gasteiger partial charge in [0.05, 0.1) is 12.2 Å². The van der Waals surface area contributed by atoms with Crippen LogP contribution in [0, 0.1) is 0 Å². The van der Waals surface area contributed by atoms with Gasteiger partial charge >= 0.3 is 0 Å². The van der Waals surface area contributed by atoms with Crippen LogP contribution in [0.1, 0.15) is 37.3 Å². The Bertz CT molecular complexity index is 512. The summed E-state index contributed by atoms with van der Waals surface area (Å²) in [5.74, 6) is 1.10. The molecule has 0 aliphatic carbocycles. The molecule has 0 radical (unpaired) electrons. The van der Waals surface area contributed by atoms with Crippen LogP contribution in [0.2, 0.25) is 0 Å². The van der Waals surface area contributed by atoms with Crippen molar-refractivity contribution < 1.29 is 9.47 Å². The SMILES string of the molecule is CNC(Cc1cc(Br)cc2c1OCC2)C1(C)CCCCO1. The summed E-state index contributed by atoms with van der Waals surface area (Å²) < 4.78 is 13.1. The maximum absolute atomic E-state index is 6.13. The Labute approximate surface area is 135 Å². The lowest BCUT2D eigenvalue weighted by Crippen LogP contribution is -2.52. The van der Waals surface area contributed by atoms with Crippen LogP contribution in [0.4, 0.5) is 0 Å². The number of hydrogen-bond acceptors (Lipinski definition) is 3. The van der Waals surface area contributed by atoms with Crippen LogP contribution >= 0.6 is 15.9 Å². The van der Waals surface area contributed by atoms with Crippen LogP contribution in [0.5, 0.6) is 5.75 Å². The summed E-state index contributed by atoms with van der Waals surface area (Å²) in [5.41, 5.74) is 2.52. The van der Waals surface area contributed by atoms with Crippen LogP contribution in [0.3, 0.4) is 0 Å². The number of halogens is 1. The standard InChI is InChI=1S/C17H24BrNO2/c1-17(6-3-4-7-21-17)15(19-2)11-13-10-14(18)9-12-5-8-20-16(12)13/h9-10,15,19H,3-8,11H2,1-2H3. The summed E-state index contributed by atoms with van der Waals surface area (Å²) in [4.78, 5) is 0. The van der Waals surface area contributed by atoms with Crippen molar-refractivity contribution >= 4 is 15.9 Å². The number of likely N-dealkylation sites (N-methyl/N-ethyl adjacent to an activating group) is 1. The first-order valence-electron chi connectivity index (χ1n) is 7.88. The predicted octanol–water partition coefficient (Wildman–Crippen LogP) is 3.47. The highest BCUT2D eigenvalue weighted by Crippen LogP contribution is 2.36. The molecule has 2 atom stereocenters. The van der Waals surface area contributed by atoms with Crippen LogP contribution in [0.25, 0.3) is 0 Å². The van der Waals surface area contributed by atoms with Gasteiger partial charge in [-0.1, -0.05) is 15.9 Å². The molecule has 0 bridgehead atoms. The molecule has 2 unspecified atom stereocenters. The van der Waals surface area contributed by atoms with Gasteiger partial charge in [0.25, 0.3) is 0 Å². The van der Waals surface area contributed by atoms with E-state index in [0.29, 0.717) is 6.04 Å². The Kier molecular flexibility index (Phi) is 4.57. The van der Waals surface area contributed by atoms with Gasteiger partial charge in [-0.2, -0.15) is 0 Å². The van der Waals surface area contributed by atoms with E-state index < -0.39 is 0 Å². The lowest BCUT2D eigenvalue weighted by molar-refractivity contribution is -0.0871. The number of nitrogens with one attached hydrogen (secondary N) is 1. The first-order valence-corrected chi connectivity index (χ1v) is 8.67. The second-order valence-corrected chi connectivity index (χ2v) is 7.23. The highest BCUT2D eigenvalue weighted by Gasteiger charge is 2.36. The maximum atomic E-state index is 6.13. The fourth-order valence-electron chi connectivity index (χ4n) is 3.57. The summed E-state index contributed by atoms with van der Waals surface area (Å²) in [5, 5.41) is 3.48. The molecule has 0 amide bonds. The quantitative estimate of drug-likeness (QED) is 0.898. The van der Waals surface area contributed by atoms with E-state index in [0.717, 1.165) is 42.7 Å². The van der Waals surface area contributed by atoms with E-state index in [4.69, 9.17) is 9.47 Å². The molecule has 2 aliphatic heterocycles. The van der Waals surface area contributed by atoms with Crippen molar-refractivity contribution in [3.8, 4) is 5.75 Å². The molecular formula is C17H24BrNO2. The topological polar surface area (TPSA) is 30.5 Å². The van der Waals surface area contributed by atoms with E-state index in [2.05, 4.69) is 40.3 Å². The van der Waals surface area contributed by atoms with Gasteiger partial charge in [0, 0.05) is 23.5 Å². The third-order valence-electron chi connectivity index (χ3n) is 4.83. The predicted molar refractivity (Wildman–Crippen MR) is 88.1 cm³/mol. The summed E-state index contributed by atoms with van der Waals surface area (Å²) in [6.07, 6.45) is 5.51. The zero-order valence-electron chi connectivity index (χ0n) is 12.9. The van der Waals surface area contributed by atoms with Gasteiger partial charge in [-0.05, 0) is 62.9 Å². The summed E-state index contributed by atoms with van der Waals surface area (Å²) in [7, 11) is 2.03. The third kappa shape index (κ3) is 3.13. The van der Waals surface area contributed by atoms with E-state index in [9.17, 15) is 0 Å². The molecule has 0 spiro atoms. The first kappa shape index (κ1) is 15.3. The van der Waals surface area contributed by atoms with Gasteiger partial charge < -0.3 is 14.8 Å². The van der Waals surface area contributed by atoms with Crippen molar-refractivity contribution in [2.45, 2.75) is 50.7 Å². The monoisotopic (exact) mass is 353 g/mol. The Balaban J connectivity index is 1.84. The minimum absolute atomic E-state index is 0.0825. The second kappa shape index (κ2) is 6.27. The molecule has 1 aromatic carbocycles.